The van der Waals surface area contributed by atoms with Crippen molar-refractivity contribution in [1.82, 2.24) is 4.98 Å². The molecule has 1 aliphatic carbocycles. The maximum atomic E-state index is 12.1. The third-order valence-corrected chi connectivity index (χ3v) is 7.08. The van der Waals surface area contributed by atoms with Crippen molar-refractivity contribution >= 4 is 57.3 Å². The Morgan fingerprint density at radius 3 is 2.80 bits per heavy atom. The molecule has 0 radical (unpaired) electrons. The van der Waals surface area contributed by atoms with Gasteiger partial charge in [0.1, 0.15) is 0 Å². The highest BCUT2D eigenvalue weighted by molar-refractivity contribution is 7.99. The Hall–Kier alpha value is -0.750. The Morgan fingerprint density at radius 1 is 1.24 bits per heavy atom. The number of hydrogen-bond acceptors (Lipinski definition) is 4. The van der Waals surface area contributed by atoms with Gasteiger partial charge in [0.05, 0.1) is 15.7 Å². The molecule has 1 heterocycles. The van der Waals surface area contributed by atoms with Gasteiger partial charge in [-0.3, -0.25) is 4.79 Å². The van der Waals surface area contributed by atoms with E-state index in [0.29, 0.717) is 21.6 Å². The van der Waals surface area contributed by atoms with Gasteiger partial charge in [-0.05, 0) is 25.0 Å². The molecule has 0 aliphatic heterocycles. The maximum absolute atomic E-state index is 12.1. The molecule has 1 aliphatic rings. The van der Waals surface area contributed by atoms with Gasteiger partial charge in [0.15, 0.2) is 5.13 Å². The standard InChI is InChI=1S/C18H20Cl2N2OS2/c19-14-7-6-12(10-15(14)20)16-11-25-18(21-16)22-17(23)8-9-24-13-4-2-1-3-5-13/h6-7,10-11,13H,1-5,8-9H2,(H,21,22,23). The van der Waals surface area contributed by atoms with Crippen molar-refractivity contribution in [2.75, 3.05) is 11.1 Å². The average molecular weight is 415 g/mol. The quantitative estimate of drug-likeness (QED) is 0.585. The largest absolute Gasteiger partial charge is 0.302 e. The lowest BCUT2D eigenvalue weighted by Gasteiger charge is -2.20. The molecule has 1 aromatic carbocycles. The van der Waals surface area contributed by atoms with E-state index in [1.54, 1.807) is 12.1 Å². The fourth-order valence-corrected chi connectivity index (χ4v) is 5.19. The molecule has 1 aromatic heterocycles. The van der Waals surface area contributed by atoms with Crippen molar-refractivity contribution < 1.29 is 4.79 Å². The zero-order valence-corrected chi connectivity index (χ0v) is 16.9. The molecule has 0 atom stereocenters. The summed E-state index contributed by atoms with van der Waals surface area (Å²) in [6.07, 6.45) is 7.16. The molecular formula is C18H20Cl2N2OS2. The summed E-state index contributed by atoms with van der Waals surface area (Å²) < 4.78 is 0. The zero-order valence-electron chi connectivity index (χ0n) is 13.8. The molecule has 0 spiro atoms. The first-order valence-electron chi connectivity index (χ1n) is 8.44. The van der Waals surface area contributed by atoms with Gasteiger partial charge >= 0.3 is 0 Å². The normalized spacial score (nSPS) is 15.3. The second kappa shape index (κ2) is 9.26. The van der Waals surface area contributed by atoms with Crippen molar-refractivity contribution in [3.8, 4) is 11.3 Å². The SMILES string of the molecule is O=C(CCSC1CCCCC1)Nc1nc(-c2ccc(Cl)c(Cl)c2)cs1. The van der Waals surface area contributed by atoms with Gasteiger partial charge in [0.2, 0.25) is 5.91 Å². The van der Waals surface area contributed by atoms with Crippen LogP contribution in [0, 0.1) is 0 Å². The lowest BCUT2D eigenvalue weighted by atomic mass is 10.0. The molecule has 134 valence electrons. The van der Waals surface area contributed by atoms with Crippen molar-refractivity contribution in [1.29, 1.82) is 0 Å². The van der Waals surface area contributed by atoms with Crippen LogP contribution in [0.1, 0.15) is 38.5 Å². The van der Waals surface area contributed by atoms with E-state index in [-0.39, 0.29) is 5.91 Å². The van der Waals surface area contributed by atoms with Crippen LogP contribution in [0.4, 0.5) is 5.13 Å². The predicted molar refractivity (Wildman–Crippen MR) is 110 cm³/mol. The minimum atomic E-state index is 0.0262. The Labute approximate surface area is 166 Å². The molecular weight excluding hydrogens is 395 g/mol. The van der Waals surface area contributed by atoms with Gasteiger partial charge < -0.3 is 5.32 Å². The smallest absolute Gasteiger partial charge is 0.226 e. The second-order valence-electron chi connectivity index (χ2n) is 6.10. The van der Waals surface area contributed by atoms with Crippen molar-refractivity contribution in [3.05, 3.63) is 33.6 Å². The summed E-state index contributed by atoms with van der Waals surface area (Å²) >= 11 is 15.3. The third-order valence-electron chi connectivity index (χ3n) is 4.20. The summed E-state index contributed by atoms with van der Waals surface area (Å²) in [6.45, 7) is 0. The van der Waals surface area contributed by atoms with Gasteiger partial charge in [-0.1, -0.05) is 48.5 Å². The van der Waals surface area contributed by atoms with E-state index in [9.17, 15) is 4.79 Å². The first-order chi connectivity index (χ1) is 12.1. The fraction of sp³-hybridized carbons (Fsp3) is 0.444. The highest BCUT2D eigenvalue weighted by atomic mass is 35.5. The third kappa shape index (κ3) is 5.61. The van der Waals surface area contributed by atoms with E-state index in [4.69, 9.17) is 23.2 Å². The lowest BCUT2D eigenvalue weighted by Crippen LogP contribution is -2.14. The summed E-state index contributed by atoms with van der Waals surface area (Å²) in [7, 11) is 0. The van der Waals surface area contributed by atoms with Crippen molar-refractivity contribution in [2.24, 2.45) is 0 Å². The zero-order chi connectivity index (χ0) is 17.6. The number of nitrogens with zero attached hydrogens (tertiary/aromatic N) is 1. The van der Waals surface area contributed by atoms with Crippen LogP contribution in [-0.2, 0) is 4.79 Å². The van der Waals surface area contributed by atoms with Gasteiger partial charge in [-0.15, -0.1) is 11.3 Å². The number of hydrogen-bond donors (Lipinski definition) is 1. The molecule has 1 saturated carbocycles. The Balaban J connectivity index is 1.48. The number of nitrogens with one attached hydrogen (secondary N) is 1. The average Bonchev–Trinajstić information content (AvgIpc) is 3.06. The molecule has 3 rings (SSSR count). The number of carbonyl (C=O) groups excluding carboxylic acids is 1. The fourth-order valence-electron chi connectivity index (χ4n) is 2.85. The van der Waals surface area contributed by atoms with E-state index < -0.39 is 0 Å². The van der Waals surface area contributed by atoms with Crippen LogP contribution in [0.2, 0.25) is 10.0 Å². The maximum Gasteiger partial charge on any atom is 0.226 e. The monoisotopic (exact) mass is 414 g/mol. The Bertz CT molecular complexity index is 730. The molecule has 1 amide bonds. The molecule has 3 nitrogen and oxygen atoms in total. The Morgan fingerprint density at radius 2 is 2.04 bits per heavy atom. The number of carbonyl (C=O) groups is 1. The van der Waals surface area contributed by atoms with Crippen molar-refractivity contribution in [2.45, 2.75) is 43.8 Å². The molecule has 0 saturated heterocycles. The number of benzene rings is 1. The first kappa shape index (κ1) is 19.0. The number of amides is 1. The molecule has 0 unspecified atom stereocenters. The minimum absolute atomic E-state index is 0.0262. The highest BCUT2D eigenvalue weighted by Crippen LogP contribution is 2.31. The predicted octanol–water partition coefficient (Wildman–Crippen LogP) is 6.51. The first-order valence-corrected chi connectivity index (χ1v) is 11.1. The summed E-state index contributed by atoms with van der Waals surface area (Å²) in [6, 6.07) is 5.40. The summed E-state index contributed by atoms with van der Waals surface area (Å²) in [5, 5.41) is 7.17. The lowest BCUT2D eigenvalue weighted by molar-refractivity contribution is -0.115. The molecule has 1 fully saturated rings. The van der Waals surface area contributed by atoms with E-state index in [0.717, 1.165) is 22.3 Å². The van der Waals surface area contributed by atoms with Gasteiger partial charge in [0, 0.05) is 28.4 Å². The number of rotatable bonds is 6. The van der Waals surface area contributed by atoms with Gasteiger partial charge in [-0.25, -0.2) is 4.98 Å². The van der Waals surface area contributed by atoms with E-state index in [1.165, 1.54) is 43.4 Å². The minimum Gasteiger partial charge on any atom is -0.302 e. The number of halogens is 2. The molecule has 0 bridgehead atoms. The van der Waals surface area contributed by atoms with E-state index in [2.05, 4.69) is 10.3 Å². The Kier molecular flexibility index (Phi) is 7.05. The summed E-state index contributed by atoms with van der Waals surface area (Å²) in [5.74, 6) is 0.903. The summed E-state index contributed by atoms with van der Waals surface area (Å²) in [4.78, 5) is 16.6. The number of thiazole rings is 1. The van der Waals surface area contributed by atoms with Crippen LogP contribution < -0.4 is 5.32 Å². The number of thioether (sulfide) groups is 1. The van der Waals surface area contributed by atoms with Crippen LogP contribution in [0.25, 0.3) is 11.3 Å². The van der Waals surface area contributed by atoms with Crippen LogP contribution in [0.15, 0.2) is 23.6 Å². The summed E-state index contributed by atoms with van der Waals surface area (Å²) in [5.41, 5.74) is 1.68. The van der Waals surface area contributed by atoms with Gasteiger partial charge in [-0.2, -0.15) is 11.8 Å². The van der Waals surface area contributed by atoms with Crippen LogP contribution in [0.5, 0.6) is 0 Å². The molecule has 1 N–H and O–H groups in total. The second-order valence-corrected chi connectivity index (χ2v) is 9.18. The van der Waals surface area contributed by atoms with E-state index in [1.807, 2.05) is 23.2 Å². The number of anilines is 1. The highest BCUT2D eigenvalue weighted by Gasteiger charge is 2.14. The van der Waals surface area contributed by atoms with Crippen LogP contribution in [-0.4, -0.2) is 21.9 Å². The topological polar surface area (TPSA) is 42.0 Å². The van der Waals surface area contributed by atoms with E-state index >= 15 is 0 Å². The number of aromatic nitrogens is 1. The van der Waals surface area contributed by atoms with Gasteiger partial charge in [0.25, 0.3) is 0 Å². The molecule has 7 heteroatoms. The van der Waals surface area contributed by atoms with Crippen LogP contribution >= 0.6 is 46.3 Å². The van der Waals surface area contributed by atoms with Crippen LogP contribution in [0.3, 0.4) is 0 Å². The molecule has 25 heavy (non-hydrogen) atoms. The van der Waals surface area contributed by atoms with Crippen molar-refractivity contribution in [3.63, 3.8) is 0 Å². The molecule has 2 aromatic rings.